The number of likely N-dealkylation sites (tertiary alicyclic amines) is 2. The number of rotatable bonds is 10. The Hall–Kier alpha value is -5.44. The largest absolute Gasteiger partial charge is 0.453 e. The third-order valence-electron chi connectivity index (χ3n) is 11.0. The summed E-state index contributed by atoms with van der Waals surface area (Å²) in [4.78, 5) is 74.0. The van der Waals surface area contributed by atoms with Crippen molar-refractivity contribution in [1.29, 1.82) is 0 Å². The maximum absolute atomic E-state index is 13.7. The molecule has 4 N–H and O–H groups in total. The minimum absolute atomic E-state index is 0.109. The molecule has 3 aromatic heterocycles. The molecule has 4 amide bonds. The molecule has 5 heterocycles. The lowest BCUT2D eigenvalue weighted by Gasteiger charge is -2.30. The molecule has 0 bridgehead atoms. The number of fused-ring (bicyclic) bond motifs is 3. The number of aromatic amines is 2. The van der Waals surface area contributed by atoms with Gasteiger partial charge in [0.2, 0.25) is 11.8 Å². The number of hydrogen-bond acceptors (Lipinski definition) is 9. The van der Waals surface area contributed by atoms with Gasteiger partial charge in [-0.3, -0.25) is 9.59 Å². The van der Waals surface area contributed by atoms with Crippen LogP contribution in [0.15, 0.2) is 42.6 Å². The zero-order valence-corrected chi connectivity index (χ0v) is 33.7. The number of aromatic nitrogens is 4. The summed E-state index contributed by atoms with van der Waals surface area (Å²) in [6.07, 6.45) is 3.83. The van der Waals surface area contributed by atoms with Crippen molar-refractivity contribution in [3.63, 3.8) is 0 Å². The van der Waals surface area contributed by atoms with Crippen molar-refractivity contribution in [2.45, 2.75) is 84.5 Å². The molecule has 0 unspecified atom stereocenters. The molecule has 4 atom stereocenters. The number of methoxy groups -OCH3 is 2. The number of imidazole rings is 2. The van der Waals surface area contributed by atoms with Gasteiger partial charge in [-0.1, -0.05) is 45.9 Å². The van der Waals surface area contributed by atoms with Crippen LogP contribution in [0, 0.1) is 18.8 Å². The fourth-order valence-corrected chi connectivity index (χ4v) is 9.18. The van der Waals surface area contributed by atoms with Crippen LogP contribution in [0.2, 0.25) is 0 Å². The van der Waals surface area contributed by atoms with Gasteiger partial charge in [0.25, 0.3) is 0 Å². The zero-order chi connectivity index (χ0) is 39.8. The summed E-state index contributed by atoms with van der Waals surface area (Å²) >= 11 is 1.69. The predicted octanol–water partition coefficient (Wildman–Crippen LogP) is 7.23. The lowest BCUT2D eigenvalue weighted by Crippen LogP contribution is -2.51. The fraction of sp³-hybridized carbons (Fsp3) is 0.463. The summed E-state index contributed by atoms with van der Waals surface area (Å²) < 4.78 is 9.56. The monoisotopic (exact) mass is 782 g/mol. The van der Waals surface area contributed by atoms with E-state index in [4.69, 9.17) is 19.4 Å². The van der Waals surface area contributed by atoms with Crippen molar-refractivity contribution in [1.82, 2.24) is 40.4 Å². The molecule has 296 valence electrons. The van der Waals surface area contributed by atoms with Gasteiger partial charge in [-0.05, 0) is 79.2 Å². The third-order valence-corrected chi connectivity index (χ3v) is 12.3. The Kier molecular flexibility index (Phi) is 11.1. The van der Waals surface area contributed by atoms with Gasteiger partial charge in [0.05, 0.1) is 54.1 Å². The molecule has 2 saturated heterocycles. The van der Waals surface area contributed by atoms with Crippen LogP contribution < -0.4 is 10.6 Å². The van der Waals surface area contributed by atoms with Crippen LogP contribution in [0.25, 0.3) is 42.8 Å². The number of H-pyrrole nitrogens is 2. The zero-order valence-electron chi connectivity index (χ0n) is 32.9. The van der Waals surface area contributed by atoms with Gasteiger partial charge in [-0.2, -0.15) is 0 Å². The molecule has 2 fully saturated rings. The number of benzene rings is 2. The molecule has 0 radical (unpaired) electrons. The van der Waals surface area contributed by atoms with Crippen LogP contribution in [-0.2, 0) is 19.1 Å². The van der Waals surface area contributed by atoms with Gasteiger partial charge in [-0.25, -0.2) is 19.6 Å². The summed E-state index contributed by atoms with van der Waals surface area (Å²) in [6, 6.07) is 10.9. The molecule has 2 aromatic carbocycles. The normalized spacial score (nSPS) is 18.2. The SMILES string of the molecule is COC(=O)N[C@H](C(=O)N1CCC[C@H]1c1ncc(-c2cc(C)c(-c3ccc4c(ccc5nc([C@@H]6CCCN6C(=O)[C@@H](NC(=O)OC)C(C)C)[nH]c54)c3)s2)[nH]1)C(C)C. The molecule has 0 spiro atoms. The van der Waals surface area contributed by atoms with Crippen LogP contribution in [0.4, 0.5) is 9.59 Å². The smallest absolute Gasteiger partial charge is 0.407 e. The Bertz CT molecular complexity index is 2280. The molecule has 56 heavy (non-hydrogen) atoms. The second-order valence-corrected chi connectivity index (χ2v) is 16.5. The number of aryl methyl sites for hydroxylation is 1. The van der Waals surface area contributed by atoms with E-state index in [2.05, 4.69) is 57.9 Å². The molecular formula is C41H50N8O6S. The number of ether oxygens (including phenoxy) is 2. The molecule has 2 aliphatic heterocycles. The Morgan fingerprint density at radius 3 is 2.02 bits per heavy atom. The van der Waals surface area contributed by atoms with E-state index in [-0.39, 0.29) is 35.7 Å². The Morgan fingerprint density at radius 2 is 1.43 bits per heavy atom. The topological polar surface area (TPSA) is 175 Å². The molecule has 2 aliphatic rings. The predicted molar refractivity (Wildman–Crippen MR) is 215 cm³/mol. The standard InChI is InChI=1S/C41H50N8O6S/c1-21(2)32(46-40(52)54-6)38(50)48-16-8-10-29(48)36-42-20-28(44-36)31-18-23(5)35(56-31)25-12-14-26-24(19-25)13-15-27-34(26)45-37(43-27)30-11-9-17-49(30)39(51)33(22(3)4)47-41(53)55-7/h12-15,18-22,29-30,32-33H,8-11,16-17H2,1-7H3,(H,42,44)(H,43,45)(H,46,52)(H,47,53)/t29-,30-,32-,33-/m0/s1. The van der Waals surface area contributed by atoms with E-state index < -0.39 is 24.3 Å². The number of carbonyl (C=O) groups is 4. The van der Waals surface area contributed by atoms with Crippen LogP contribution in [-0.4, -0.2) is 93.1 Å². The first-order valence-electron chi connectivity index (χ1n) is 19.3. The number of hydrogen-bond donors (Lipinski definition) is 4. The Labute approximate surface area is 329 Å². The van der Waals surface area contributed by atoms with E-state index in [0.717, 1.165) is 85.7 Å². The fourth-order valence-electron chi connectivity index (χ4n) is 8.05. The van der Waals surface area contributed by atoms with E-state index in [9.17, 15) is 19.2 Å². The second-order valence-electron chi connectivity index (χ2n) is 15.4. The minimum atomic E-state index is -0.697. The molecule has 0 aliphatic carbocycles. The van der Waals surface area contributed by atoms with E-state index >= 15 is 0 Å². The number of nitrogens with zero attached hydrogens (tertiary/aromatic N) is 4. The van der Waals surface area contributed by atoms with Gasteiger partial charge in [0, 0.05) is 23.4 Å². The van der Waals surface area contributed by atoms with E-state index in [0.29, 0.717) is 13.1 Å². The van der Waals surface area contributed by atoms with Gasteiger partial charge in [-0.15, -0.1) is 11.3 Å². The van der Waals surface area contributed by atoms with Crippen molar-refractivity contribution < 1.29 is 28.7 Å². The summed E-state index contributed by atoms with van der Waals surface area (Å²) in [6.45, 7) is 10.9. The van der Waals surface area contributed by atoms with Gasteiger partial charge in [0.15, 0.2) is 0 Å². The highest BCUT2D eigenvalue weighted by atomic mass is 32.1. The van der Waals surface area contributed by atoms with E-state index in [1.807, 2.05) is 49.8 Å². The van der Waals surface area contributed by atoms with Crippen molar-refractivity contribution in [3.05, 3.63) is 59.8 Å². The van der Waals surface area contributed by atoms with Crippen LogP contribution in [0.1, 0.15) is 82.7 Å². The number of nitrogens with one attached hydrogen (secondary N) is 4. The van der Waals surface area contributed by atoms with Crippen molar-refractivity contribution in [2.75, 3.05) is 27.3 Å². The first-order valence-corrected chi connectivity index (χ1v) is 20.1. The third kappa shape index (κ3) is 7.43. The highest BCUT2D eigenvalue weighted by Gasteiger charge is 2.39. The first-order chi connectivity index (χ1) is 26.9. The van der Waals surface area contributed by atoms with Crippen LogP contribution in [0.3, 0.4) is 0 Å². The molecule has 0 saturated carbocycles. The number of amides is 4. The summed E-state index contributed by atoms with van der Waals surface area (Å²) in [5, 5.41) is 7.53. The molecule has 14 nitrogen and oxygen atoms in total. The van der Waals surface area contributed by atoms with Crippen LogP contribution in [0.5, 0.6) is 0 Å². The van der Waals surface area contributed by atoms with Gasteiger partial charge >= 0.3 is 12.2 Å². The summed E-state index contributed by atoms with van der Waals surface area (Å²) in [5.74, 6) is 0.973. The van der Waals surface area contributed by atoms with Crippen molar-refractivity contribution >= 4 is 57.1 Å². The average molecular weight is 783 g/mol. The van der Waals surface area contributed by atoms with E-state index in [1.54, 1.807) is 11.3 Å². The Balaban J connectivity index is 1.11. The lowest BCUT2D eigenvalue weighted by molar-refractivity contribution is -0.136. The van der Waals surface area contributed by atoms with Crippen molar-refractivity contribution in [2.24, 2.45) is 11.8 Å². The summed E-state index contributed by atoms with van der Waals surface area (Å²) in [5.41, 5.74) is 4.88. The molecule has 15 heteroatoms. The second kappa shape index (κ2) is 16.0. The highest BCUT2D eigenvalue weighted by Crippen LogP contribution is 2.41. The molecule has 5 aromatic rings. The number of alkyl carbamates (subject to hydrolysis) is 2. The van der Waals surface area contributed by atoms with E-state index in [1.165, 1.54) is 14.2 Å². The molecular weight excluding hydrogens is 733 g/mol. The molecule has 7 rings (SSSR count). The minimum Gasteiger partial charge on any atom is -0.453 e. The number of carbonyl (C=O) groups excluding carboxylic acids is 4. The first kappa shape index (κ1) is 38.8. The Morgan fingerprint density at radius 1 is 0.821 bits per heavy atom. The van der Waals surface area contributed by atoms with Gasteiger partial charge in [0.1, 0.15) is 23.7 Å². The van der Waals surface area contributed by atoms with Crippen LogP contribution >= 0.6 is 11.3 Å². The van der Waals surface area contributed by atoms with Gasteiger partial charge < -0.3 is 39.9 Å². The highest BCUT2D eigenvalue weighted by molar-refractivity contribution is 7.19. The quantitative estimate of drug-likeness (QED) is 0.115. The lowest BCUT2D eigenvalue weighted by atomic mass is 10.0. The maximum Gasteiger partial charge on any atom is 0.407 e. The maximum atomic E-state index is 13.7. The van der Waals surface area contributed by atoms with Crippen molar-refractivity contribution in [3.8, 4) is 21.0 Å². The number of thiophene rings is 1. The summed E-state index contributed by atoms with van der Waals surface area (Å²) in [7, 11) is 2.59. The average Bonchev–Trinajstić information content (AvgIpc) is 4.03.